The number of sulfonamides is 1. The van der Waals surface area contributed by atoms with E-state index in [1.807, 2.05) is 12.1 Å². The fourth-order valence-corrected chi connectivity index (χ4v) is 5.66. The van der Waals surface area contributed by atoms with Crippen molar-refractivity contribution in [3.05, 3.63) is 63.9 Å². The number of halogens is 2. The monoisotopic (exact) mass is 496 g/mol. The summed E-state index contributed by atoms with van der Waals surface area (Å²) in [4.78, 5) is 6.82. The number of nitrogens with zero attached hydrogens (tertiary/aromatic N) is 4. The van der Waals surface area contributed by atoms with Gasteiger partial charge in [0.05, 0.1) is 11.4 Å². The van der Waals surface area contributed by atoms with Crippen LogP contribution in [0.25, 0.3) is 11.4 Å². The molecule has 0 saturated carbocycles. The number of rotatable bonds is 5. The maximum absolute atomic E-state index is 12.9. The summed E-state index contributed by atoms with van der Waals surface area (Å²) in [7, 11) is -3.53. The Kier molecular flexibility index (Phi) is 6.03. The molecule has 7 nitrogen and oxygen atoms in total. The van der Waals surface area contributed by atoms with Crippen LogP contribution in [-0.4, -0.2) is 53.9 Å². The van der Waals surface area contributed by atoms with E-state index >= 15 is 0 Å². The molecular formula is C19H18BrClN4O3S. The molecular weight excluding hydrogens is 480 g/mol. The largest absolute Gasteiger partial charge is 0.338 e. The second-order valence-electron chi connectivity index (χ2n) is 6.63. The number of piperazine rings is 1. The van der Waals surface area contributed by atoms with Gasteiger partial charge in [0.1, 0.15) is 0 Å². The zero-order valence-corrected chi connectivity index (χ0v) is 18.5. The lowest BCUT2D eigenvalue weighted by molar-refractivity contribution is 0.163. The van der Waals surface area contributed by atoms with Crippen LogP contribution < -0.4 is 0 Å². The molecule has 1 aliphatic heterocycles. The van der Waals surface area contributed by atoms with Gasteiger partial charge in [0.25, 0.3) is 0 Å². The molecule has 2 aromatic carbocycles. The molecule has 152 valence electrons. The minimum atomic E-state index is -3.53. The van der Waals surface area contributed by atoms with Gasteiger partial charge in [-0.1, -0.05) is 28.9 Å². The van der Waals surface area contributed by atoms with Gasteiger partial charge in [-0.2, -0.15) is 9.29 Å². The quantitative estimate of drug-likeness (QED) is 0.535. The van der Waals surface area contributed by atoms with E-state index in [4.69, 9.17) is 16.1 Å². The summed E-state index contributed by atoms with van der Waals surface area (Å²) < 4.78 is 33.2. The highest BCUT2D eigenvalue weighted by atomic mass is 79.9. The SMILES string of the molecule is O=S(=O)(c1ccccc1Br)N1CCN(Cc2nc(-c3ccc(Cl)cc3)no2)CC1. The predicted octanol–water partition coefficient (Wildman–Crippen LogP) is 3.66. The maximum Gasteiger partial charge on any atom is 0.244 e. The molecule has 29 heavy (non-hydrogen) atoms. The highest BCUT2D eigenvalue weighted by Crippen LogP contribution is 2.26. The molecule has 1 aliphatic rings. The lowest BCUT2D eigenvalue weighted by Crippen LogP contribution is -2.48. The molecule has 0 bridgehead atoms. The van der Waals surface area contributed by atoms with E-state index in [0.29, 0.717) is 53.9 Å². The van der Waals surface area contributed by atoms with Crippen LogP contribution in [0.1, 0.15) is 5.89 Å². The third-order valence-corrected chi connectivity index (χ3v) is 7.88. The molecule has 0 unspecified atom stereocenters. The summed E-state index contributed by atoms with van der Waals surface area (Å²) in [6, 6.07) is 14.1. The Bertz CT molecular complexity index is 1100. The van der Waals surface area contributed by atoms with Crippen LogP contribution in [0.2, 0.25) is 5.02 Å². The first-order valence-corrected chi connectivity index (χ1v) is 11.6. The fourth-order valence-electron chi connectivity index (χ4n) is 3.15. The van der Waals surface area contributed by atoms with Crippen LogP contribution in [0.5, 0.6) is 0 Å². The van der Waals surface area contributed by atoms with Crippen LogP contribution in [0, 0.1) is 0 Å². The molecule has 4 rings (SSSR count). The molecule has 2 heterocycles. The van der Waals surface area contributed by atoms with Gasteiger partial charge in [-0.15, -0.1) is 0 Å². The highest BCUT2D eigenvalue weighted by molar-refractivity contribution is 9.10. The summed E-state index contributed by atoms with van der Waals surface area (Å²) >= 11 is 9.23. The minimum absolute atomic E-state index is 0.290. The first kappa shape index (κ1) is 20.5. The summed E-state index contributed by atoms with van der Waals surface area (Å²) in [5.74, 6) is 1.00. The van der Waals surface area contributed by atoms with E-state index in [9.17, 15) is 8.42 Å². The lowest BCUT2D eigenvalue weighted by Gasteiger charge is -2.33. The Balaban J connectivity index is 1.38. The summed E-state index contributed by atoms with van der Waals surface area (Å²) in [6.45, 7) is 2.46. The van der Waals surface area contributed by atoms with E-state index < -0.39 is 10.0 Å². The van der Waals surface area contributed by atoms with Crippen LogP contribution in [0.3, 0.4) is 0 Å². The molecule has 0 aliphatic carbocycles. The Labute approximate surface area is 182 Å². The Morgan fingerprint density at radius 3 is 2.41 bits per heavy atom. The number of aromatic nitrogens is 2. The van der Waals surface area contributed by atoms with Gasteiger partial charge in [0.2, 0.25) is 21.7 Å². The van der Waals surface area contributed by atoms with Crippen LogP contribution in [0.4, 0.5) is 0 Å². The zero-order chi connectivity index (χ0) is 20.4. The van der Waals surface area contributed by atoms with Crippen molar-refractivity contribution in [2.75, 3.05) is 26.2 Å². The van der Waals surface area contributed by atoms with E-state index in [1.165, 1.54) is 4.31 Å². The van der Waals surface area contributed by atoms with Crippen molar-refractivity contribution < 1.29 is 12.9 Å². The highest BCUT2D eigenvalue weighted by Gasteiger charge is 2.30. The van der Waals surface area contributed by atoms with Crippen LogP contribution >= 0.6 is 27.5 Å². The first-order valence-electron chi connectivity index (χ1n) is 8.99. The summed E-state index contributed by atoms with van der Waals surface area (Å²) in [5.41, 5.74) is 0.828. The summed E-state index contributed by atoms with van der Waals surface area (Å²) in [5, 5.41) is 4.66. The molecule has 1 aromatic heterocycles. The van der Waals surface area contributed by atoms with Gasteiger partial charge in [-0.3, -0.25) is 4.90 Å². The molecule has 10 heteroatoms. The minimum Gasteiger partial charge on any atom is -0.338 e. The Morgan fingerprint density at radius 1 is 1.03 bits per heavy atom. The lowest BCUT2D eigenvalue weighted by atomic mass is 10.2. The zero-order valence-electron chi connectivity index (χ0n) is 15.3. The van der Waals surface area contributed by atoms with Gasteiger partial charge in [-0.25, -0.2) is 8.42 Å². The molecule has 1 saturated heterocycles. The van der Waals surface area contributed by atoms with E-state index in [1.54, 1.807) is 36.4 Å². The van der Waals surface area contributed by atoms with Crippen molar-refractivity contribution in [1.29, 1.82) is 0 Å². The molecule has 0 radical (unpaired) electrons. The van der Waals surface area contributed by atoms with Crippen molar-refractivity contribution >= 4 is 37.6 Å². The van der Waals surface area contributed by atoms with Gasteiger partial charge >= 0.3 is 0 Å². The van der Waals surface area contributed by atoms with Gasteiger partial charge in [0, 0.05) is 41.2 Å². The first-order chi connectivity index (χ1) is 13.9. The molecule has 0 atom stereocenters. The van der Waals surface area contributed by atoms with Crippen molar-refractivity contribution in [3.63, 3.8) is 0 Å². The predicted molar refractivity (Wildman–Crippen MR) is 113 cm³/mol. The fraction of sp³-hybridized carbons (Fsp3) is 0.263. The second kappa shape index (κ2) is 8.53. The molecule has 0 amide bonds. The average molecular weight is 498 g/mol. The van der Waals surface area contributed by atoms with Gasteiger partial charge in [0.15, 0.2) is 0 Å². The van der Waals surface area contributed by atoms with Crippen LogP contribution in [-0.2, 0) is 16.6 Å². The van der Waals surface area contributed by atoms with Crippen molar-refractivity contribution in [3.8, 4) is 11.4 Å². The molecule has 0 N–H and O–H groups in total. The molecule has 0 spiro atoms. The van der Waals surface area contributed by atoms with Crippen molar-refractivity contribution in [1.82, 2.24) is 19.3 Å². The Morgan fingerprint density at radius 2 is 1.72 bits per heavy atom. The number of benzene rings is 2. The third kappa shape index (κ3) is 4.54. The van der Waals surface area contributed by atoms with E-state index in [-0.39, 0.29) is 4.90 Å². The maximum atomic E-state index is 12.9. The Hall–Kier alpha value is -1.78. The number of hydrogen-bond donors (Lipinski definition) is 0. The average Bonchev–Trinajstić information content (AvgIpc) is 3.17. The van der Waals surface area contributed by atoms with E-state index in [2.05, 4.69) is 31.0 Å². The standard InChI is InChI=1S/C19H18BrClN4O3S/c20-16-3-1-2-4-17(16)29(26,27)25-11-9-24(10-12-25)13-18-22-19(23-28-18)14-5-7-15(21)8-6-14/h1-8H,9-13H2. The normalized spacial score (nSPS) is 16.2. The number of hydrogen-bond acceptors (Lipinski definition) is 6. The molecule has 1 fully saturated rings. The van der Waals surface area contributed by atoms with Crippen molar-refractivity contribution in [2.24, 2.45) is 0 Å². The molecule has 3 aromatic rings. The van der Waals surface area contributed by atoms with E-state index in [0.717, 1.165) is 5.56 Å². The topological polar surface area (TPSA) is 79.5 Å². The third-order valence-electron chi connectivity index (χ3n) is 4.72. The van der Waals surface area contributed by atoms with Gasteiger partial charge in [-0.05, 0) is 52.3 Å². The van der Waals surface area contributed by atoms with Crippen LogP contribution in [0.15, 0.2) is 62.4 Å². The van der Waals surface area contributed by atoms with Crippen molar-refractivity contribution in [2.45, 2.75) is 11.4 Å². The second-order valence-corrected chi connectivity index (χ2v) is 9.83. The summed E-state index contributed by atoms with van der Waals surface area (Å²) in [6.07, 6.45) is 0. The smallest absolute Gasteiger partial charge is 0.244 e. The van der Waals surface area contributed by atoms with Gasteiger partial charge < -0.3 is 4.52 Å².